The summed E-state index contributed by atoms with van der Waals surface area (Å²) >= 11 is 0. The van der Waals surface area contributed by atoms with Crippen molar-refractivity contribution in [3.63, 3.8) is 0 Å². The molecule has 0 atom stereocenters. The molecule has 0 amide bonds. The Bertz CT molecular complexity index is 981. The maximum absolute atomic E-state index is 12.9. The summed E-state index contributed by atoms with van der Waals surface area (Å²) in [5, 5.41) is 0. The minimum atomic E-state index is -5.01. The van der Waals surface area contributed by atoms with Gasteiger partial charge < -0.3 is 4.57 Å². The maximum Gasteiger partial charge on any atom is 0.332 e. The van der Waals surface area contributed by atoms with Crippen molar-refractivity contribution in [2.75, 3.05) is 4.72 Å². The van der Waals surface area contributed by atoms with Crippen molar-refractivity contribution in [3.05, 3.63) is 52.9 Å². The Labute approximate surface area is 126 Å². The van der Waals surface area contributed by atoms with Gasteiger partial charge >= 0.3 is 10.2 Å². The smallest absolute Gasteiger partial charge is 0.316 e. The van der Waals surface area contributed by atoms with Crippen molar-refractivity contribution in [2.45, 2.75) is 9.79 Å². The van der Waals surface area contributed by atoms with E-state index in [0.717, 1.165) is 18.2 Å². The van der Waals surface area contributed by atoms with Gasteiger partial charge in [-0.3, -0.25) is 9.52 Å². The van der Waals surface area contributed by atoms with Crippen molar-refractivity contribution in [3.8, 4) is 0 Å². The number of aromatic nitrogens is 1. The molecule has 0 unspecified atom stereocenters. The summed E-state index contributed by atoms with van der Waals surface area (Å²) in [6, 6.07) is 6.32. The van der Waals surface area contributed by atoms with Crippen molar-refractivity contribution in [1.29, 1.82) is 0 Å². The molecule has 0 aliphatic rings. The monoisotopic (exact) mass is 346 g/mol. The van der Waals surface area contributed by atoms with E-state index in [4.69, 9.17) is 0 Å². The molecule has 10 heteroatoms. The van der Waals surface area contributed by atoms with Gasteiger partial charge in [0, 0.05) is 19.3 Å². The van der Waals surface area contributed by atoms with Crippen LogP contribution in [-0.4, -0.2) is 21.4 Å². The summed E-state index contributed by atoms with van der Waals surface area (Å²) in [5.41, 5.74) is -0.218. The first-order chi connectivity index (χ1) is 10.1. The van der Waals surface area contributed by atoms with E-state index in [1.54, 1.807) is 0 Å². The Kier molecular flexibility index (Phi) is 4.07. The molecule has 0 saturated carbocycles. The SMILES string of the molecule is Cn1cc(NS(=O)(=O)c2cccc(S(=O)(=O)F)c2)ccc1=O. The molecule has 0 spiro atoms. The van der Waals surface area contributed by atoms with Gasteiger partial charge in [-0.15, -0.1) is 3.89 Å². The summed E-state index contributed by atoms with van der Waals surface area (Å²) in [5.74, 6) is 0. The third kappa shape index (κ3) is 3.52. The van der Waals surface area contributed by atoms with Crippen LogP contribution in [0.15, 0.2) is 57.2 Å². The summed E-state index contributed by atoms with van der Waals surface area (Å²) in [6.07, 6.45) is 1.26. The molecule has 0 bridgehead atoms. The molecule has 2 rings (SSSR count). The molecule has 0 aliphatic carbocycles. The lowest BCUT2D eigenvalue weighted by Crippen LogP contribution is -2.18. The van der Waals surface area contributed by atoms with Crippen LogP contribution < -0.4 is 10.3 Å². The molecule has 7 nitrogen and oxygen atoms in total. The second-order valence-electron chi connectivity index (χ2n) is 4.39. The largest absolute Gasteiger partial charge is 0.332 e. The summed E-state index contributed by atoms with van der Waals surface area (Å²) in [4.78, 5) is 10.1. The third-order valence-corrected chi connectivity index (χ3v) is 4.93. The van der Waals surface area contributed by atoms with Gasteiger partial charge in [0.1, 0.15) is 0 Å². The van der Waals surface area contributed by atoms with Gasteiger partial charge in [-0.05, 0) is 24.3 Å². The van der Waals surface area contributed by atoms with Crippen molar-refractivity contribution >= 4 is 25.9 Å². The Morgan fingerprint density at radius 3 is 2.27 bits per heavy atom. The van der Waals surface area contributed by atoms with Crippen LogP contribution in [0.1, 0.15) is 0 Å². The Balaban J connectivity index is 2.42. The molecule has 22 heavy (non-hydrogen) atoms. The lowest BCUT2D eigenvalue weighted by molar-refractivity contribution is 0.552. The van der Waals surface area contributed by atoms with Crippen molar-refractivity contribution in [2.24, 2.45) is 7.05 Å². The highest BCUT2D eigenvalue weighted by molar-refractivity contribution is 7.92. The Morgan fingerprint density at radius 1 is 1.05 bits per heavy atom. The van der Waals surface area contributed by atoms with E-state index in [9.17, 15) is 25.5 Å². The minimum absolute atomic E-state index is 0.107. The standard InChI is InChI=1S/C12H11FN2O5S2/c1-15-8-9(5-6-12(15)16)14-22(19,20)11-4-2-3-10(7-11)21(13,17)18/h2-8,14H,1H3. The topological polar surface area (TPSA) is 102 Å². The highest BCUT2D eigenvalue weighted by Gasteiger charge is 2.19. The molecule has 118 valence electrons. The predicted octanol–water partition coefficient (Wildman–Crippen LogP) is 0.844. The first-order valence-corrected chi connectivity index (χ1v) is 8.70. The number of hydrogen-bond donors (Lipinski definition) is 1. The van der Waals surface area contributed by atoms with E-state index in [-0.39, 0.29) is 11.2 Å². The maximum atomic E-state index is 12.9. The second-order valence-corrected chi connectivity index (χ2v) is 7.41. The molecule has 0 fully saturated rings. The second kappa shape index (κ2) is 5.54. The van der Waals surface area contributed by atoms with E-state index in [0.29, 0.717) is 6.07 Å². The molecular weight excluding hydrogens is 335 g/mol. The average Bonchev–Trinajstić information content (AvgIpc) is 2.42. The van der Waals surface area contributed by atoms with Gasteiger partial charge in [0.05, 0.1) is 15.5 Å². The van der Waals surface area contributed by atoms with Crippen molar-refractivity contribution in [1.82, 2.24) is 4.57 Å². The van der Waals surface area contributed by atoms with Gasteiger partial charge in [-0.2, -0.15) is 8.42 Å². The number of benzene rings is 1. The summed E-state index contributed by atoms with van der Waals surface area (Å²) in [6.45, 7) is 0. The van der Waals surface area contributed by atoms with E-state index in [1.807, 2.05) is 0 Å². The van der Waals surface area contributed by atoms with E-state index >= 15 is 0 Å². The fourth-order valence-corrected chi connectivity index (χ4v) is 3.33. The van der Waals surface area contributed by atoms with Gasteiger partial charge in [0.25, 0.3) is 10.0 Å². The van der Waals surface area contributed by atoms with Crippen LogP contribution in [0.2, 0.25) is 0 Å². The zero-order chi connectivity index (χ0) is 16.5. The number of anilines is 1. The van der Waals surface area contributed by atoms with Crippen LogP contribution in [0, 0.1) is 0 Å². The number of sulfonamides is 1. The van der Waals surface area contributed by atoms with Crippen LogP contribution in [0.5, 0.6) is 0 Å². The van der Waals surface area contributed by atoms with Crippen LogP contribution in [0.4, 0.5) is 9.57 Å². The number of nitrogens with one attached hydrogen (secondary N) is 1. The highest BCUT2D eigenvalue weighted by atomic mass is 32.3. The fourth-order valence-electron chi connectivity index (χ4n) is 1.66. The number of nitrogens with zero attached hydrogens (tertiary/aromatic N) is 1. The fraction of sp³-hybridized carbons (Fsp3) is 0.0833. The minimum Gasteiger partial charge on any atom is -0.316 e. The van der Waals surface area contributed by atoms with Gasteiger partial charge in [0.2, 0.25) is 5.56 Å². The average molecular weight is 346 g/mol. The number of halogens is 1. The first kappa shape index (κ1) is 16.2. The molecule has 1 N–H and O–H groups in total. The van der Waals surface area contributed by atoms with E-state index in [2.05, 4.69) is 4.72 Å². The molecule has 0 aliphatic heterocycles. The third-order valence-electron chi connectivity index (χ3n) is 2.74. The number of hydrogen-bond acceptors (Lipinski definition) is 5. The Hall–Kier alpha value is -2.20. The van der Waals surface area contributed by atoms with Crippen LogP contribution in [0.3, 0.4) is 0 Å². The molecule has 2 aromatic rings. The lowest BCUT2D eigenvalue weighted by Gasteiger charge is -2.09. The van der Waals surface area contributed by atoms with Gasteiger partial charge in [-0.25, -0.2) is 8.42 Å². The zero-order valence-electron chi connectivity index (χ0n) is 11.2. The number of rotatable bonds is 4. The number of pyridine rings is 1. The normalized spacial score (nSPS) is 12.1. The molecule has 0 radical (unpaired) electrons. The summed E-state index contributed by atoms with van der Waals surface area (Å²) < 4.78 is 62.3. The highest BCUT2D eigenvalue weighted by Crippen LogP contribution is 2.19. The van der Waals surface area contributed by atoms with Crippen molar-refractivity contribution < 1.29 is 20.7 Å². The van der Waals surface area contributed by atoms with Gasteiger partial charge in [0.15, 0.2) is 0 Å². The lowest BCUT2D eigenvalue weighted by atomic mass is 10.4. The molecule has 1 aromatic heterocycles. The molecule has 1 aromatic carbocycles. The van der Waals surface area contributed by atoms with Crippen LogP contribution in [-0.2, 0) is 27.3 Å². The molecular formula is C12H11FN2O5S2. The molecule has 0 saturated heterocycles. The quantitative estimate of drug-likeness (QED) is 0.827. The number of aryl methyl sites for hydroxylation is 1. The van der Waals surface area contributed by atoms with Crippen LogP contribution in [0.25, 0.3) is 0 Å². The zero-order valence-corrected chi connectivity index (χ0v) is 12.9. The molecule has 1 heterocycles. The van der Waals surface area contributed by atoms with E-state index < -0.39 is 30.0 Å². The Morgan fingerprint density at radius 2 is 1.68 bits per heavy atom. The van der Waals surface area contributed by atoms with Gasteiger partial charge in [-0.1, -0.05) is 6.07 Å². The first-order valence-electron chi connectivity index (χ1n) is 5.84. The summed E-state index contributed by atoms with van der Waals surface area (Å²) in [7, 11) is -7.69. The van der Waals surface area contributed by atoms with E-state index in [1.165, 1.54) is 29.9 Å². The van der Waals surface area contributed by atoms with Crippen LogP contribution >= 0.6 is 0 Å². The predicted molar refractivity (Wildman–Crippen MR) is 77.2 cm³/mol.